The third kappa shape index (κ3) is 5.06. The summed E-state index contributed by atoms with van der Waals surface area (Å²) < 4.78 is 5.87. The number of alkyl halides is 2. The maximum Gasteiger partial charge on any atom is 0.321 e. The van der Waals surface area contributed by atoms with Gasteiger partial charge in [0, 0.05) is 0 Å². The summed E-state index contributed by atoms with van der Waals surface area (Å²) in [4.78, 5) is 12.1. The minimum absolute atomic E-state index is 0.0409. The Bertz CT molecular complexity index is 503. The number of hydrogen-bond donors (Lipinski definition) is 0. The van der Waals surface area contributed by atoms with Crippen molar-refractivity contribution in [1.29, 1.82) is 0 Å². The van der Waals surface area contributed by atoms with Crippen LogP contribution in [-0.2, 0) is 9.53 Å². The molecule has 0 aromatic heterocycles. The molecule has 0 saturated heterocycles. The standard InChI is InChI=1S/C19H26Br2O2/c1-12(2)15-10-9-13(3)16(11-15)23-19(22)18(21)17(20)14-7-5-4-6-8-14/h4-8,12-13,15-18H,9-11H2,1-3H3/t13-,15+,16-,17+,18+/m0/s1. The number of rotatable bonds is 5. The Labute approximate surface area is 156 Å². The van der Waals surface area contributed by atoms with Gasteiger partial charge in [-0.05, 0) is 42.6 Å². The van der Waals surface area contributed by atoms with E-state index >= 15 is 0 Å². The van der Waals surface area contributed by atoms with Crippen LogP contribution in [0, 0.1) is 17.8 Å². The van der Waals surface area contributed by atoms with Gasteiger partial charge in [-0.1, -0.05) is 83.0 Å². The van der Waals surface area contributed by atoms with Crippen LogP contribution in [0.25, 0.3) is 0 Å². The molecule has 4 heteroatoms. The lowest BCUT2D eigenvalue weighted by Gasteiger charge is -2.36. The molecule has 23 heavy (non-hydrogen) atoms. The summed E-state index contributed by atoms with van der Waals surface area (Å²) in [6, 6.07) is 9.95. The Morgan fingerprint density at radius 2 is 1.83 bits per heavy atom. The van der Waals surface area contributed by atoms with Gasteiger partial charge in [0.2, 0.25) is 0 Å². The normalized spacial score (nSPS) is 27.5. The first-order valence-electron chi connectivity index (χ1n) is 8.43. The largest absolute Gasteiger partial charge is 0.461 e. The molecule has 1 saturated carbocycles. The number of ether oxygens (including phenoxy) is 1. The van der Waals surface area contributed by atoms with Crippen LogP contribution >= 0.6 is 31.9 Å². The second-order valence-corrected chi connectivity index (χ2v) is 8.96. The van der Waals surface area contributed by atoms with Crippen LogP contribution in [0.2, 0.25) is 0 Å². The van der Waals surface area contributed by atoms with Gasteiger partial charge in [-0.2, -0.15) is 0 Å². The van der Waals surface area contributed by atoms with Crippen molar-refractivity contribution >= 4 is 37.8 Å². The van der Waals surface area contributed by atoms with Crippen molar-refractivity contribution in [1.82, 2.24) is 0 Å². The zero-order valence-corrected chi connectivity index (χ0v) is 17.2. The number of hydrogen-bond acceptors (Lipinski definition) is 2. The molecule has 1 aliphatic rings. The lowest BCUT2D eigenvalue weighted by atomic mass is 9.76. The van der Waals surface area contributed by atoms with Crippen LogP contribution in [0.3, 0.4) is 0 Å². The molecular formula is C19H26Br2O2. The molecule has 0 spiro atoms. The van der Waals surface area contributed by atoms with Gasteiger partial charge in [-0.3, -0.25) is 4.79 Å². The Hall–Kier alpha value is -0.350. The van der Waals surface area contributed by atoms with E-state index in [-0.39, 0.29) is 21.7 Å². The van der Waals surface area contributed by atoms with E-state index in [9.17, 15) is 4.79 Å². The predicted octanol–water partition coefficient (Wildman–Crippen LogP) is 5.89. The van der Waals surface area contributed by atoms with Crippen molar-refractivity contribution in [2.45, 2.75) is 55.8 Å². The Morgan fingerprint density at radius 1 is 1.17 bits per heavy atom. The molecule has 2 rings (SSSR count). The summed E-state index contributed by atoms with van der Waals surface area (Å²) in [5, 5.41) is 0. The maximum absolute atomic E-state index is 12.5. The molecule has 128 valence electrons. The molecule has 0 heterocycles. The first kappa shape index (κ1) is 19.0. The van der Waals surface area contributed by atoms with Gasteiger partial charge >= 0.3 is 5.97 Å². The Balaban J connectivity index is 1.97. The van der Waals surface area contributed by atoms with Gasteiger partial charge in [-0.25, -0.2) is 0 Å². The van der Waals surface area contributed by atoms with Crippen molar-refractivity contribution in [2.24, 2.45) is 17.8 Å². The van der Waals surface area contributed by atoms with Gasteiger partial charge in [-0.15, -0.1) is 0 Å². The number of esters is 1. The first-order chi connectivity index (χ1) is 10.9. The molecule has 0 unspecified atom stereocenters. The van der Waals surface area contributed by atoms with Gasteiger partial charge in [0.1, 0.15) is 10.9 Å². The average molecular weight is 446 g/mol. The van der Waals surface area contributed by atoms with E-state index in [4.69, 9.17) is 4.74 Å². The van der Waals surface area contributed by atoms with E-state index in [1.807, 2.05) is 30.3 Å². The molecule has 0 radical (unpaired) electrons. The van der Waals surface area contributed by atoms with Crippen LogP contribution < -0.4 is 0 Å². The molecule has 5 atom stereocenters. The van der Waals surface area contributed by atoms with E-state index in [0.717, 1.165) is 18.4 Å². The van der Waals surface area contributed by atoms with Crippen molar-refractivity contribution in [2.75, 3.05) is 0 Å². The fraction of sp³-hybridized carbons (Fsp3) is 0.632. The molecule has 0 bridgehead atoms. The van der Waals surface area contributed by atoms with Gasteiger partial charge < -0.3 is 4.74 Å². The Kier molecular flexibility index (Phi) is 7.15. The zero-order chi connectivity index (χ0) is 17.0. The third-order valence-electron chi connectivity index (χ3n) is 4.97. The van der Waals surface area contributed by atoms with Gasteiger partial charge in [0.15, 0.2) is 0 Å². The van der Waals surface area contributed by atoms with Crippen LogP contribution in [0.5, 0.6) is 0 Å². The van der Waals surface area contributed by atoms with Gasteiger partial charge in [0.05, 0.1) is 4.83 Å². The number of halogens is 2. The molecular weight excluding hydrogens is 420 g/mol. The van der Waals surface area contributed by atoms with Crippen LogP contribution in [0.1, 0.15) is 50.4 Å². The zero-order valence-electron chi connectivity index (χ0n) is 14.0. The van der Waals surface area contributed by atoms with E-state index in [2.05, 4.69) is 52.6 Å². The molecule has 0 N–H and O–H groups in total. The second kappa shape index (κ2) is 8.66. The highest BCUT2D eigenvalue weighted by Gasteiger charge is 2.34. The Morgan fingerprint density at radius 3 is 2.43 bits per heavy atom. The minimum atomic E-state index is -0.378. The molecule has 2 nitrogen and oxygen atoms in total. The average Bonchev–Trinajstić information content (AvgIpc) is 2.56. The topological polar surface area (TPSA) is 26.3 Å². The fourth-order valence-electron chi connectivity index (χ4n) is 3.22. The first-order valence-corrected chi connectivity index (χ1v) is 10.3. The van der Waals surface area contributed by atoms with E-state index < -0.39 is 0 Å². The highest BCUT2D eigenvalue weighted by atomic mass is 79.9. The molecule has 1 aromatic carbocycles. The monoisotopic (exact) mass is 444 g/mol. The lowest BCUT2D eigenvalue weighted by molar-refractivity contribution is -0.153. The van der Waals surface area contributed by atoms with Crippen molar-refractivity contribution in [3.8, 4) is 0 Å². The smallest absolute Gasteiger partial charge is 0.321 e. The summed E-state index contributed by atoms with van der Waals surface area (Å²) in [7, 11) is 0. The SMILES string of the molecule is CC(C)[C@@H]1CC[C@H](C)[C@@H](OC(=O)[C@H](Br)[C@H](Br)c2ccccc2)C1. The molecule has 0 amide bonds. The maximum atomic E-state index is 12.5. The minimum Gasteiger partial charge on any atom is -0.461 e. The van der Waals surface area contributed by atoms with Crippen LogP contribution in [0.4, 0.5) is 0 Å². The van der Waals surface area contributed by atoms with Crippen LogP contribution in [-0.4, -0.2) is 16.9 Å². The summed E-state index contributed by atoms with van der Waals surface area (Å²) in [6.45, 7) is 6.72. The predicted molar refractivity (Wildman–Crippen MR) is 102 cm³/mol. The summed E-state index contributed by atoms with van der Waals surface area (Å²) in [5.41, 5.74) is 1.07. The summed E-state index contributed by atoms with van der Waals surface area (Å²) >= 11 is 7.13. The third-order valence-corrected chi connectivity index (χ3v) is 7.64. The van der Waals surface area contributed by atoms with E-state index in [0.29, 0.717) is 17.8 Å². The molecule has 1 aliphatic carbocycles. The summed E-state index contributed by atoms with van der Waals surface area (Å²) in [6.07, 6.45) is 3.42. The van der Waals surface area contributed by atoms with E-state index in [1.165, 1.54) is 6.42 Å². The highest BCUT2D eigenvalue weighted by Crippen LogP contribution is 2.37. The van der Waals surface area contributed by atoms with Crippen molar-refractivity contribution in [3.05, 3.63) is 35.9 Å². The lowest BCUT2D eigenvalue weighted by Crippen LogP contribution is -2.36. The molecule has 1 aromatic rings. The van der Waals surface area contributed by atoms with Crippen molar-refractivity contribution < 1.29 is 9.53 Å². The number of carbonyl (C=O) groups excluding carboxylic acids is 1. The van der Waals surface area contributed by atoms with Crippen molar-refractivity contribution in [3.63, 3.8) is 0 Å². The fourth-order valence-corrected chi connectivity index (χ4v) is 4.15. The number of benzene rings is 1. The molecule has 0 aliphatic heterocycles. The second-order valence-electron chi connectivity index (χ2n) is 6.98. The number of carbonyl (C=O) groups is 1. The van der Waals surface area contributed by atoms with Gasteiger partial charge in [0.25, 0.3) is 0 Å². The highest BCUT2D eigenvalue weighted by molar-refractivity contribution is 9.12. The van der Waals surface area contributed by atoms with E-state index in [1.54, 1.807) is 0 Å². The van der Waals surface area contributed by atoms with Crippen LogP contribution in [0.15, 0.2) is 30.3 Å². The summed E-state index contributed by atoms with van der Waals surface area (Å²) in [5.74, 6) is 1.58. The molecule has 1 fully saturated rings. The quantitative estimate of drug-likeness (QED) is 0.417.